The quantitative estimate of drug-likeness (QED) is 0.827. The van der Waals surface area contributed by atoms with Gasteiger partial charge in [0.25, 0.3) is 5.91 Å². The number of nitrogens with zero attached hydrogens (tertiary/aromatic N) is 1. The van der Waals surface area contributed by atoms with Gasteiger partial charge in [0.15, 0.2) is 9.84 Å². The number of halogens is 1. The third-order valence-corrected chi connectivity index (χ3v) is 5.52. The lowest BCUT2D eigenvalue weighted by molar-refractivity contribution is 0.0693. The standard InChI is InChI=1S/C15H20FNO4S/c1-3-7-17(12-6-8-22(19,20)10-12)15(18)13-9-11(16)4-5-14(13)21-2/h4-5,9,12H,3,6-8,10H2,1-2H3. The summed E-state index contributed by atoms with van der Waals surface area (Å²) in [6.45, 7) is 2.34. The van der Waals surface area contributed by atoms with Crippen molar-refractivity contribution < 1.29 is 22.3 Å². The van der Waals surface area contributed by atoms with Crippen LogP contribution in [0.5, 0.6) is 5.75 Å². The largest absolute Gasteiger partial charge is 0.496 e. The Labute approximate surface area is 130 Å². The molecule has 1 aliphatic rings. The minimum atomic E-state index is -3.10. The zero-order valence-electron chi connectivity index (χ0n) is 12.7. The molecule has 1 saturated heterocycles. The van der Waals surface area contributed by atoms with Crippen molar-refractivity contribution in [1.29, 1.82) is 0 Å². The van der Waals surface area contributed by atoms with Crippen LogP contribution >= 0.6 is 0 Å². The fraction of sp³-hybridized carbons (Fsp3) is 0.533. The number of carbonyl (C=O) groups is 1. The zero-order chi connectivity index (χ0) is 16.3. The predicted octanol–water partition coefficient (Wildman–Crippen LogP) is 1.87. The molecule has 0 bridgehead atoms. The maximum Gasteiger partial charge on any atom is 0.258 e. The van der Waals surface area contributed by atoms with Crippen molar-refractivity contribution in [2.24, 2.45) is 0 Å². The van der Waals surface area contributed by atoms with Crippen LogP contribution in [0.2, 0.25) is 0 Å². The van der Waals surface area contributed by atoms with Gasteiger partial charge < -0.3 is 9.64 Å². The molecular formula is C15H20FNO4S. The number of benzene rings is 1. The van der Waals surface area contributed by atoms with Crippen LogP contribution in [0.4, 0.5) is 4.39 Å². The summed E-state index contributed by atoms with van der Waals surface area (Å²) in [5.41, 5.74) is 0.125. The number of ether oxygens (including phenoxy) is 1. The maximum atomic E-state index is 13.5. The normalized spacial score (nSPS) is 19.9. The first kappa shape index (κ1) is 16.7. The van der Waals surface area contributed by atoms with Crippen LogP contribution in [0, 0.1) is 5.82 Å². The minimum absolute atomic E-state index is 0.0314. The molecular weight excluding hydrogens is 309 g/mol. The van der Waals surface area contributed by atoms with Gasteiger partial charge in [-0.1, -0.05) is 6.92 Å². The Balaban J connectivity index is 2.33. The number of amides is 1. The average molecular weight is 329 g/mol. The monoisotopic (exact) mass is 329 g/mol. The predicted molar refractivity (Wildman–Crippen MR) is 81.3 cm³/mol. The number of methoxy groups -OCH3 is 1. The Hall–Kier alpha value is -1.63. The van der Waals surface area contributed by atoms with Gasteiger partial charge in [0.1, 0.15) is 11.6 Å². The van der Waals surface area contributed by atoms with E-state index < -0.39 is 15.7 Å². The second-order valence-electron chi connectivity index (χ2n) is 5.40. The Kier molecular flexibility index (Phi) is 5.05. The molecule has 2 rings (SSSR count). The van der Waals surface area contributed by atoms with E-state index in [-0.39, 0.29) is 34.8 Å². The fourth-order valence-corrected chi connectivity index (χ4v) is 4.44. The molecule has 1 atom stereocenters. The summed E-state index contributed by atoms with van der Waals surface area (Å²) in [5, 5.41) is 0. The molecule has 22 heavy (non-hydrogen) atoms. The molecule has 1 unspecified atom stereocenters. The van der Waals surface area contributed by atoms with E-state index in [9.17, 15) is 17.6 Å². The van der Waals surface area contributed by atoms with Crippen molar-refractivity contribution >= 4 is 15.7 Å². The second-order valence-corrected chi connectivity index (χ2v) is 7.63. The number of hydrogen-bond donors (Lipinski definition) is 0. The van der Waals surface area contributed by atoms with Gasteiger partial charge in [0.2, 0.25) is 0 Å². The lowest BCUT2D eigenvalue weighted by atomic mass is 10.1. The number of hydrogen-bond acceptors (Lipinski definition) is 4. The van der Waals surface area contributed by atoms with Crippen LogP contribution in [-0.2, 0) is 9.84 Å². The third kappa shape index (κ3) is 3.58. The van der Waals surface area contributed by atoms with Gasteiger partial charge in [0.05, 0.1) is 24.2 Å². The van der Waals surface area contributed by atoms with Gasteiger partial charge in [-0.15, -0.1) is 0 Å². The summed E-state index contributed by atoms with van der Waals surface area (Å²) in [7, 11) is -1.69. The van der Waals surface area contributed by atoms with E-state index >= 15 is 0 Å². The van der Waals surface area contributed by atoms with Crippen LogP contribution in [-0.4, -0.2) is 50.4 Å². The molecule has 0 saturated carbocycles. The first-order valence-corrected chi connectivity index (χ1v) is 9.05. The van der Waals surface area contributed by atoms with Crippen molar-refractivity contribution in [3.05, 3.63) is 29.6 Å². The Morgan fingerprint density at radius 3 is 2.73 bits per heavy atom. The van der Waals surface area contributed by atoms with E-state index in [2.05, 4.69) is 0 Å². The van der Waals surface area contributed by atoms with Crippen LogP contribution in [0.1, 0.15) is 30.1 Å². The van der Waals surface area contributed by atoms with Gasteiger partial charge in [-0.3, -0.25) is 4.79 Å². The molecule has 5 nitrogen and oxygen atoms in total. The van der Waals surface area contributed by atoms with Crippen molar-refractivity contribution in [1.82, 2.24) is 4.90 Å². The van der Waals surface area contributed by atoms with Crippen LogP contribution < -0.4 is 4.74 Å². The number of sulfone groups is 1. The van der Waals surface area contributed by atoms with E-state index in [1.807, 2.05) is 6.92 Å². The van der Waals surface area contributed by atoms with Gasteiger partial charge in [-0.05, 0) is 31.0 Å². The van der Waals surface area contributed by atoms with E-state index in [1.54, 1.807) is 0 Å². The molecule has 7 heteroatoms. The van der Waals surface area contributed by atoms with Crippen LogP contribution in [0.15, 0.2) is 18.2 Å². The highest BCUT2D eigenvalue weighted by molar-refractivity contribution is 7.91. The van der Waals surface area contributed by atoms with Crippen LogP contribution in [0.3, 0.4) is 0 Å². The number of rotatable bonds is 5. The summed E-state index contributed by atoms with van der Waals surface area (Å²) in [6.07, 6.45) is 1.12. The topological polar surface area (TPSA) is 63.7 Å². The summed E-state index contributed by atoms with van der Waals surface area (Å²) in [6, 6.07) is 3.40. The molecule has 0 aromatic heterocycles. The zero-order valence-corrected chi connectivity index (χ0v) is 13.5. The van der Waals surface area contributed by atoms with Gasteiger partial charge in [0, 0.05) is 12.6 Å². The average Bonchev–Trinajstić information content (AvgIpc) is 2.84. The molecule has 0 N–H and O–H groups in total. The van der Waals surface area contributed by atoms with E-state index in [4.69, 9.17) is 4.74 Å². The van der Waals surface area contributed by atoms with E-state index in [0.29, 0.717) is 19.4 Å². The van der Waals surface area contributed by atoms with Crippen molar-refractivity contribution in [2.75, 3.05) is 25.2 Å². The lowest BCUT2D eigenvalue weighted by Crippen LogP contribution is -2.41. The smallest absolute Gasteiger partial charge is 0.258 e. The Bertz CT molecular complexity index is 660. The molecule has 0 radical (unpaired) electrons. The van der Waals surface area contributed by atoms with Crippen molar-refractivity contribution in [3.8, 4) is 5.75 Å². The van der Waals surface area contributed by atoms with Gasteiger partial charge in [-0.2, -0.15) is 0 Å². The summed E-state index contributed by atoms with van der Waals surface area (Å²) in [5.74, 6) is -0.574. The van der Waals surface area contributed by atoms with Crippen molar-refractivity contribution in [2.45, 2.75) is 25.8 Å². The SMILES string of the molecule is CCCN(C(=O)c1cc(F)ccc1OC)C1CCS(=O)(=O)C1. The van der Waals surface area contributed by atoms with Crippen molar-refractivity contribution in [3.63, 3.8) is 0 Å². The molecule has 122 valence electrons. The molecule has 1 aromatic rings. The van der Waals surface area contributed by atoms with E-state index in [0.717, 1.165) is 6.07 Å². The third-order valence-electron chi connectivity index (χ3n) is 3.77. The first-order chi connectivity index (χ1) is 10.4. The first-order valence-electron chi connectivity index (χ1n) is 7.23. The molecule has 0 spiro atoms. The van der Waals surface area contributed by atoms with E-state index in [1.165, 1.54) is 24.1 Å². The second kappa shape index (κ2) is 6.64. The Morgan fingerprint density at radius 1 is 1.45 bits per heavy atom. The molecule has 1 aliphatic heterocycles. The molecule has 1 fully saturated rings. The number of carbonyl (C=O) groups excluding carboxylic acids is 1. The minimum Gasteiger partial charge on any atom is -0.496 e. The van der Waals surface area contributed by atoms with Crippen LogP contribution in [0.25, 0.3) is 0 Å². The lowest BCUT2D eigenvalue weighted by Gasteiger charge is -2.28. The highest BCUT2D eigenvalue weighted by Gasteiger charge is 2.35. The summed E-state index contributed by atoms with van der Waals surface area (Å²) < 4.78 is 41.9. The summed E-state index contributed by atoms with van der Waals surface area (Å²) in [4.78, 5) is 14.3. The molecule has 0 aliphatic carbocycles. The van der Waals surface area contributed by atoms with Gasteiger partial charge >= 0.3 is 0 Å². The molecule has 1 amide bonds. The maximum absolute atomic E-state index is 13.5. The fourth-order valence-electron chi connectivity index (χ4n) is 2.71. The summed E-state index contributed by atoms with van der Waals surface area (Å²) >= 11 is 0. The van der Waals surface area contributed by atoms with Gasteiger partial charge in [-0.25, -0.2) is 12.8 Å². The molecule has 1 heterocycles. The molecule has 1 aromatic carbocycles. The Morgan fingerprint density at radius 2 is 2.18 bits per heavy atom. The highest BCUT2D eigenvalue weighted by Crippen LogP contribution is 2.25. The highest BCUT2D eigenvalue weighted by atomic mass is 32.2.